The lowest BCUT2D eigenvalue weighted by molar-refractivity contribution is -0.0862. The molecule has 0 bridgehead atoms. The molecule has 2 aliphatic rings. The predicted octanol–water partition coefficient (Wildman–Crippen LogP) is 5.01. The number of nitrogens with zero attached hydrogens (tertiary/aromatic N) is 2. The van der Waals surface area contributed by atoms with Crippen LogP contribution in [0.4, 0.5) is 13.2 Å². The maximum atomic E-state index is 14.4. The monoisotopic (exact) mass is 507 g/mol. The van der Waals surface area contributed by atoms with Crippen molar-refractivity contribution < 1.29 is 23.0 Å². The number of aliphatic hydroxyl groups is 1. The largest absolute Gasteiger partial charge is 0.479 e. The van der Waals surface area contributed by atoms with Crippen LogP contribution in [-0.2, 0) is 6.42 Å². The fraction of sp³-hybridized carbons (Fsp3) is 0.538. The van der Waals surface area contributed by atoms with Gasteiger partial charge in [-0.2, -0.15) is 0 Å². The molecule has 1 aromatic carbocycles. The van der Waals surface area contributed by atoms with Crippen molar-refractivity contribution in [3.8, 4) is 5.06 Å². The van der Waals surface area contributed by atoms with Gasteiger partial charge in [0.1, 0.15) is 12.7 Å². The third kappa shape index (κ3) is 5.09. The fourth-order valence-corrected chi connectivity index (χ4v) is 6.52. The quantitative estimate of drug-likeness (QED) is 0.428. The predicted molar refractivity (Wildman–Crippen MR) is 132 cm³/mol. The molecule has 5 rings (SSSR count). The molecule has 0 saturated carbocycles. The summed E-state index contributed by atoms with van der Waals surface area (Å²) >= 11 is 1.49. The van der Waals surface area contributed by atoms with Crippen LogP contribution in [0.3, 0.4) is 0 Å². The number of aliphatic hydroxyl groups excluding tert-OH is 1. The summed E-state index contributed by atoms with van der Waals surface area (Å²) in [5.74, 6) is -3.19. The molecule has 35 heavy (non-hydrogen) atoms. The number of alkyl halides is 3. The molecule has 2 aromatic heterocycles. The van der Waals surface area contributed by atoms with Gasteiger partial charge >= 0.3 is 0 Å². The molecule has 1 fully saturated rings. The topological polar surface area (TPSA) is 51.7 Å². The van der Waals surface area contributed by atoms with Gasteiger partial charge in [-0.1, -0.05) is 18.2 Å². The van der Waals surface area contributed by atoms with Gasteiger partial charge in [0.05, 0.1) is 19.3 Å². The van der Waals surface area contributed by atoms with Crippen LogP contribution in [0.25, 0.3) is 10.9 Å². The first-order chi connectivity index (χ1) is 16.9. The maximum Gasteiger partial charge on any atom is 0.283 e. The van der Waals surface area contributed by atoms with E-state index < -0.39 is 19.1 Å². The molecule has 0 aliphatic carbocycles. The van der Waals surface area contributed by atoms with Crippen LogP contribution >= 0.6 is 11.3 Å². The molecule has 3 atom stereocenters. The Kier molecular flexibility index (Phi) is 7.12. The lowest BCUT2D eigenvalue weighted by Gasteiger charge is -2.41. The third-order valence-corrected chi connectivity index (χ3v) is 8.18. The SMILES string of the molecule is C[C@@H]1Cc2c([nH]c3ccccc23)[C@@H](c2ccc(O[C@@H]3CCN(CCCF)C3)s2)N1CC(F)(F)CO. The maximum absolute atomic E-state index is 14.4. The van der Waals surface area contributed by atoms with E-state index >= 15 is 0 Å². The Hall–Kier alpha value is -2.07. The van der Waals surface area contributed by atoms with Gasteiger partial charge in [-0.15, -0.1) is 11.3 Å². The summed E-state index contributed by atoms with van der Waals surface area (Å²) in [4.78, 5) is 8.46. The zero-order valence-electron chi connectivity index (χ0n) is 19.9. The van der Waals surface area contributed by atoms with E-state index in [1.807, 2.05) is 37.3 Å². The van der Waals surface area contributed by atoms with E-state index in [1.165, 1.54) is 11.3 Å². The highest BCUT2D eigenvalue weighted by molar-refractivity contribution is 7.13. The van der Waals surface area contributed by atoms with Crippen LogP contribution in [-0.4, -0.2) is 77.4 Å². The van der Waals surface area contributed by atoms with Gasteiger partial charge in [0, 0.05) is 47.2 Å². The number of H-pyrrole nitrogens is 1. The zero-order chi connectivity index (χ0) is 24.6. The standard InChI is InChI=1S/C26H32F3N3O2S/c1-17-13-20-19-5-2-3-6-21(19)30-24(20)25(32(17)15-26(28,29)16-33)22-7-8-23(35-22)34-18-9-12-31(14-18)11-4-10-27/h2-3,5-8,17-18,25,30,33H,4,9-16H2,1H3/t17-,18-,25-/m1/s1. The van der Waals surface area contributed by atoms with E-state index in [4.69, 9.17) is 4.74 Å². The van der Waals surface area contributed by atoms with E-state index in [1.54, 1.807) is 4.90 Å². The number of ether oxygens (including phenoxy) is 1. The first-order valence-electron chi connectivity index (χ1n) is 12.3. The molecule has 0 amide bonds. The summed E-state index contributed by atoms with van der Waals surface area (Å²) in [6, 6.07) is 11.4. The number of hydrogen-bond donors (Lipinski definition) is 2. The number of likely N-dealkylation sites (tertiary alicyclic amines) is 1. The van der Waals surface area contributed by atoms with Crippen LogP contribution in [0.5, 0.6) is 5.06 Å². The Morgan fingerprint density at radius 3 is 2.86 bits per heavy atom. The summed E-state index contributed by atoms with van der Waals surface area (Å²) in [5, 5.41) is 11.2. The van der Waals surface area contributed by atoms with Crippen molar-refractivity contribution in [2.24, 2.45) is 0 Å². The molecule has 0 radical (unpaired) electrons. The number of fused-ring (bicyclic) bond motifs is 3. The molecule has 9 heteroatoms. The number of aromatic nitrogens is 1. The second kappa shape index (κ2) is 10.1. The van der Waals surface area contributed by atoms with Crippen molar-refractivity contribution in [3.63, 3.8) is 0 Å². The summed E-state index contributed by atoms with van der Waals surface area (Å²) in [7, 11) is 0. The first kappa shape index (κ1) is 24.6. The molecule has 190 valence electrons. The Morgan fingerprint density at radius 2 is 2.06 bits per heavy atom. The van der Waals surface area contributed by atoms with Crippen LogP contribution in [0.2, 0.25) is 0 Å². The number of aromatic amines is 1. The van der Waals surface area contributed by atoms with Gasteiger partial charge in [0.15, 0.2) is 5.06 Å². The lowest BCUT2D eigenvalue weighted by atomic mass is 9.91. The summed E-state index contributed by atoms with van der Waals surface area (Å²) in [5.41, 5.74) is 3.10. The Morgan fingerprint density at radius 1 is 1.23 bits per heavy atom. The Balaban J connectivity index is 1.44. The average Bonchev–Trinajstić information content (AvgIpc) is 3.57. The van der Waals surface area contributed by atoms with Gasteiger partial charge < -0.3 is 14.8 Å². The van der Waals surface area contributed by atoms with Gasteiger partial charge in [-0.05, 0) is 49.9 Å². The number of hydrogen-bond acceptors (Lipinski definition) is 5. The highest BCUT2D eigenvalue weighted by Crippen LogP contribution is 2.45. The molecule has 1 saturated heterocycles. The summed E-state index contributed by atoms with van der Waals surface area (Å²) < 4.78 is 47.6. The summed E-state index contributed by atoms with van der Waals surface area (Å²) in [6.45, 7) is 2.37. The van der Waals surface area contributed by atoms with Crippen molar-refractivity contribution >= 4 is 22.2 Å². The van der Waals surface area contributed by atoms with E-state index in [0.29, 0.717) is 12.8 Å². The number of thiophene rings is 1. The molecule has 2 aliphatic heterocycles. The van der Waals surface area contributed by atoms with Crippen LogP contribution in [0.15, 0.2) is 36.4 Å². The number of nitrogens with one attached hydrogen (secondary N) is 1. The van der Waals surface area contributed by atoms with E-state index in [-0.39, 0.29) is 24.9 Å². The highest BCUT2D eigenvalue weighted by Gasteiger charge is 2.42. The van der Waals surface area contributed by atoms with Crippen molar-refractivity contribution in [2.45, 2.75) is 50.3 Å². The molecule has 2 N–H and O–H groups in total. The second-order valence-electron chi connectivity index (χ2n) is 9.73. The van der Waals surface area contributed by atoms with E-state index in [0.717, 1.165) is 58.2 Å². The van der Waals surface area contributed by atoms with Crippen molar-refractivity contribution in [1.29, 1.82) is 0 Å². The van der Waals surface area contributed by atoms with Gasteiger partial charge in [0.2, 0.25) is 0 Å². The molecular formula is C26H32F3N3O2S. The molecule has 0 spiro atoms. The number of para-hydroxylation sites is 1. The molecule has 3 aromatic rings. The number of benzene rings is 1. The number of halogens is 3. The minimum atomic E-state index is -3.19. The third-order valence-electron chi connectivity index (χ3n) is 7.15. The Bertz CT molecular complexity index is 1150. The van der Waals surface area contributed by atoms with Crippen molar-refractivity contribution in [1.82, 2.24) is 14.8 Å². The smallest absolute Gasteiger partial charge is 0.283 e. The van der Waals surface area contributed by atoms with Crippen LogP contribution in [0, 0.1) is 0 Å². The molecule has 0 unspecified atom stereocenters. The molecule has 4 heterocycles. The minimum Gasteiger partial charge on any atom is -0.479 e. The lowest BCUT2D eigenvalue weighted by Crippen LogP contribution is -2.49. The second-order valence-corrected chi connectivity index (χ2v) is 10.8. The zero-order valence-corrected chi connectivity index (χ0v) is 20.7. The first-order valence-corrected chi connectivity index (χ1v) is 13.1. The average molecular weight is 508 g/mol. The van der Waals surface area contributed by atoms with Crippen molar-refractivity contribution in [3.05, 3.63) is 52.5 Å². The molecular weight excluding hydrogens is 475 g/mol. The molecule has 5 nitrogen and oxygen atoms in total. The Labute approximate surface area is 207 Å². The van der Waals surface area contributed by atoms with Gasteiger partial charge in [-0.3, -0.25) is 14.2 Å². The normalized spacial score (nSPS) is 23.7. The highest BCUT2D eigenvalue weighted by atomic mass is 32.1. The van der Waals surface area contributed by atoms with E-state index in [2.05, 4.69) is 16.0 Å². The van der Waals surface area contributed by atoms with Gasteiger partial charge in [-0.25, -0.2) is 8.78 Å². The fourth-order valence-electron chi connectivity index (χ4n) is 5.47. The van der Waals surface area contributed by atoms with Crippen molar-refractivity contribution in [2.75, 3.05) is 39.5 Å². The minimum absolute atomic E-state index is 0.0462. The van der Waals surface area contributed by atoms with Crippen LogP contribution < -0.4 is 4.74 Å². The summed E-state index contributed by atoms with van der Waals surface area (Å²) in [6.07, 6.45) is 2.13. The van der Waals surface area contributed by atoms with Gasteiger partial charge in [0.25, 0.3) is 5.92 Å². The van der Waals surface area contributed by atoms with Crippen LogP contribution in [0.1, 0.15) is 41.9 Å². The number of rotatable bonds is 9. The van der Waals surface area contributed by atoms with E-state index in [9.17, 15) is 18.3 Å².